The van der Waals surface area contributed by atoms with Crippen LogP contribution in [0.25, 0.3) is 10.8 Å². The molecule has 0 fully saturated rings. The maximum atomic E-state index is 12.6. The maximum absolute atomic E-state index is 12.6. The molecule has 0 aliphatic rings. The highest BCUT2D eigenvalue weighted by molar-refractivity contribution is 7.92. The van der Waals surface area contributed by atoms with Crippen LogP contribution in [0.1, 0.15) is 0 Å². The van der Waals surface area contributed by atoms with E-state index in [4.69, 9.17) is 4.74 Å². The molecular weight excluding hydrogens is 322 g/mol. The standard InChI is InChI=1S/C19H17NO3S/c1-23-16-11-9-15(10-12-16)20-19(21)13-24(22)18-8-4-6-14-5-2-3-7-17(14)18/h2-12H,13H2,1H3,(H,20,21). The SMILES string of the molecule is COc1ccc(NC(=O)C[S+]([O-])c2cccc3ccccc23)cc1. The van der Waals surface area contributed by atoms with Gasteiger partial charge in [-0.05, 0) is 53.0 Å². The van der Waals surface area contributed by atoms with E-state index in [1.165, 1.54) is 0 Å². The summed E-state index contributed by atoms with van der Waals surface area (Å²) in [6, 6.07) is 20.4. The largest absolute Gasteiger partial charge is 0.611 e. The van der Waals surface area contributed by atoms with Gasteiger partial charge in [0.1, 0.15) is 5.75 Å². The molecule has 0 saturated heterocycles. The molecule has 0 spiro atoms. The van der Waals surface area contributed by atoms with Crippen molar-refractivity contribution in [2.45, 2.75) is 4.90 Å². The second kappa shape index (κ2) is 7.38. The summed E-state index contributed by atoms with van der Waals surface area (Å²) in [6.07, 6.45) is 0. The number of fused-ring (bicyclic) bond motifs is 1. The minimum absolute atomic E-state index is 0.0833. The fourth-order valence-corrected chi connectivity index (χ4v) is 3.59. The smallest absolute Gasteiger partial charge is 0.274 e. The van der Waals surface area contributed by atoms with E-state index in [9.17, 15) is 9.35 Å². The number of carbonyl (C=O) groups is 1. The number of anilines is 1. The molecule has 0 heterocycles. The van der Waals surface area contributed by atoms with Crippen LogP contribution in [-0.2, 0) is 16.0 Å². The average molecular weight is 339 g/mol. The van der Waals surface area contributed by atoms with E-state index < -0.39 is 11.2 Å². The van der Waals surface area contributed by atoms with Crippen LogP contribution in [0.2, 0.25) is 0 Å². The number of benzene rings is 3. The molecule has 0 aliphatic carbocycles. The van der Waals surface area contributed by atoms with Gasteiger partial charge in [0.15, 0.2) is 10.6 Å². The molecule has 1 atom stereocenters. The Morgan fingerprint density at radius 2 is 1.75 bits per heavy atom. The van der Waals surface area contributed by atoms with E-state index in [-0.39, 0.29) is 11.7 Å². The Balaban J connectivity index is 1.71. The summed E-state index contributed by atoms with van der Waals surface area (Å²) in [5.41, 5.74) is 0.649. The molecule has 0 bridgehead atoms. The van der Waals surface area contributed by atoms with Crippen LogP contribution in [0.4, 0.5) is 5.69 Å². The number of rotatable bonds is 5. The Hall–Kier alpha value is -2.50. The quantitative estimate of drug-likeness (QED) is 0.723. The summed E-state index contributed by atoms with van der Waals surface area (Å²) in [5, 5.41) is 4.68. The zero-order valence-corrected chi connectivity index (χ0v) is 14.0. The molecule has 24 heavy (non-hydrogen) atoms. The summed E-state index contributed by atoms with van der Waals surface area (Å²) in [5.74, 6) is 0.346. The van der Waals surface area contributed by atoms with Gasteiger partial charge in [-0.25, -0.2) is 0 Å². The third-order valence-electron chi connectivity index (χ3n) is 3.63. The van der Waals surface area contributed by atoms with Crippen molar-refractivity contribution in [2.24, 2.45) is 0 Å². The molecule has 0 radical (unpaired) electrons. The summed E-state index contributed by atoms with van der Waals surface area (Å²) < 4.78 is 17.7. The van der Waals surface area contributed by atoms with E-state index in [1.54, 1.807) is 37.4 Å². The van der Waals surface area contributed by atoms with Crippen molar-refractivity contribution in [3.05, 3.63) is 66.7 Å². The molecule has 3 aromatic rings. The molecule has 1 amide bonds. The third kappa shape index (κ3) is 3.69. The van der Waals surface area contributed by atoms with Gasteiger partial charge in [-0.15, -0.1) is 0 Å². The third-order valence-corrected chi connectivity index (χ3v) is 5.00. The second-order valence-corrected chi connectivity index (χ2v) is 6.66. The van der Waals surface area contributed by atoms with Crippen LogP contribution in [0.5, 0.6) is 5.75 Å². The number of hydrogen-bond donors (Lipinski definition) is 1. The molecule has 0 saturated carbocycles. The lowest BCUT2D eigenvalue weighted by molar-refractivity contribution is -0.113. The van der Waals surface area contributed by atoms with Crippen molar-refractivity contribution < 1.29 is 14.1 Å². The van der Waals surface area contributed by atoms with E-state index >= 15 is 0 Å². The lowest BCUT2D eigenvalue weighted by Crippen LogP contribution is -2.23. The number of ether oxygens (including phenoxy) is 1. The first kappa shape index (κ1) is 16.4. The monoisotopic (exact) mass is 339 g/mol. The van der Waals surface area contributed by atoms with Crippen LogP contribution < -0.4 is 10.1 Å². The Morgan fingerprint density at radius 3 is 2.50 bits per heavy atom. The number of hydrogen-bond acceptors (Lipinski definition) is 3. The highest BCUT2D eigenvalue weighted by atomic mass is 32.2. The van der Waals surface area contributed by atoms with Crippen LogP contribution in [0, 0.1) is 0 Å². The van der Waals surface area contributed by atoms with Crippen molar-refractivity contribution in [3.8, 4) is 5.75 Å². The van der Waals surface area contributed by atoms with Gasteiger partial charge in [-0.3, -0.25) is 4.79 Å². The Kier molecular flexibility index (Phi) is 5.03. The topological polar surface area (TPSA) is 61.4 Å². The normalized spacial score (nSPS) is 11.9. The molecule has 0 aromatic heterocycles. The number of methoxy groups -OCH3 is 1. The van der Waals surface area contributed by atoms with Gasteiger partial charge in [0.2, 0.25) is 0 Å². The molecule has 5 heteroatoms. The van der Waals surface area contributed by atoms with E-state index in [1.807, 2.05) is 36.4 Å². The average Bonchev–Trinajstić information content (AvgIpc) is 2.61. The van der Waals surface area contributed by atoms with Crippen molar-refractivity contribution in [3.63, 3.8) is 0 Å². The molecule has 1 unspecified atom stereocenters. The van der Waals surface area contributed by atoms with Crippen LogP contribution in [0.15, 0.2) is 71.6 Å². The fourth-order valence-electron chi connectivity index (χ4n) is 2.46. The summed E-state index contributed by atoms with van der Waals surface area (Å²) >= 11 is -1.40. The van der Waals surface area contributed by atoms with Gasteiger partial charge in [-0.1, -0.05) is 30.3 Å². The van der Waals surface area contributed by atoms with Crippen molar-refractivity contribution in [1.82, 2.24) is 0 Å². The highest BCUT2D eigenvalue weighted by Crippen LogP contribution is 2.24. The van der Waals surface area contributed by atoms with Crippen LogP contribution in [0.3, 0.4) is 0 Å². The first-order chi connectivity index (χ1) is 11.7. The summed E-state index contributed by atoms with van der Waals surface area (Å²) in [4.78, 5) is 12.8. The zero-order valence-electron chi connectivity index (χ0n) is 13.2. The van der Waals surface area contributed by atoms with E-state index in [0.29, 0.717) is 16.3 Å². The van der Waals surface area contributed by atoms with Gasteiger partial charge >= 0.3 is 0 Å². The molecular formula is C19H17NO3S. The molecule has 3 aromatic carbocycles. The van der Waals surface area contributed by atoms with E-state index in [2.05, 4.69) is 5.32 Å². The Bertz CT molecular complexity index is 843. The highest BCUT2D eigenvalue weighted by Gasteiger charge is 2.19. The zero-order chi connectivity index (χ0) is 16.9. The van der Waals surface area contributed by atoms with Crippen molar-refractivity contribution in [1.29, 1.82) is 0 Å². The van der Waals surface area contributed by atoms with Gasteiger partial charge in [0.25, 0.3) is 5.91 Å². The summed E-state index contributed by atoms with van der Waals surface area (Å²) in [6.45, 7) is 0. The minimum atomic E-state index is -1.40. The Labute approximate surface area is 143 Å². The van der Waals surface area contributed by atoms with Gasteiger partial charge in [0, 0.05) is 11.1 Å². The molecule has 0 aliphatic heterocycles. The lowest BCUT2D eigenvalue weighted by atomic mass is 10.1. The molecule has 122 valence electrons. The fraction of sp³-hybridized carbons (Fsp3) is 0.105. The first-order valence-corrected chi connectivity index (χ1v) is 8.79. The molecule has 3 rings (SSSR count). The van der Waals surface area contributed by atoms with Crippen LogP contribution in [-0.4, -0.2) is 23.3 Å². The van der Waals surface area contributed by atoms with Gasteiger partial charge in [-0.2, -0.15) is 0 Å². The predicted octanol–water partition coefficient (Wildman–Crippen LogP) is 3.59. The Morgan fingerprint density at radius 1 is 1.04 bits per heavy atom. The van der Waals surface area contributed by atoms with E-state index in [0.717, 1.165) is 10.8 Å². The van der Waals surface area contributed by atoms with Gasteiger partial charge in [0.05, 0.1) is 7.11 Å². The number of carbonyl (C=O) groups excluding carboxylic acids is 1. The summed E-state index contributed by atoms with van der Waals surface area (Å²) in [7, 11) is 1.58. The molecule has 4 nitrogen and oxygen atoms in total. The lowest BCUT2D eigenvalue weighted by Gasteiger charge is -2.13. The van der Waals surface area contributed by atoms with Crippen LogP contribution >= 0.6 is 0 Å². The number of nitrogens with one attached hydrogen (secondary N) is 1. The minimum Gasteiger partial charge on any atom is -0.611 e. The maximum Gasteiger partial charge on any atom is 0.274 e. The van der Waals surface area contributed by atoms with Gasteiger partial charge < -0.3 is 14.6 Å². The predicted molar refractivity (Wildman–Crippen MR) is 96.8 cm³/mol. The first-order valence-electron chi connectivity index (χ1n) is 7.47. The molecule has 1 N–H and O–H groups in total. The second-order valence-electron chi connectivity index (χ2n) is 5.24. The van der Waals surface area contributed by atoms with Crippen molar-refractivity contribution in [2.75, 3.05) is 18.2 Å². The number of amides is 1. The van der Waals surface area contributed by atoms with Crippen molar-refractivity contribution >= 4 is 33.5 Å².